The zero-order valence-electron chi connectivity index (χ0n) is 24.3. The molecule has 1 aromatic heterocycles. The van der Waals surface area contributed by atoms with Gasteiger partial charge >= 0.3 is 6.03 Å². The summed E-state index contributed by atoms with van der Waals surface area (Å²) in [6, 6.07) is 21.3. The van der Waals surface area contributed by atoms with Gasteiger partial charge in [-0.05, 0) is 34.9 Å². The van der Waals surface area contributed by atoms with Crippen LogP contribution in [0.25, 0.3) is 10.2 Å². The molecular weight excluding hydrogens is 578 g/mol. The van der Waals surface area contributed by atoms with Crippen molar-refractivity contribution in [2.75, 3.05) is 32.5 Å². The highest BCUT2D eigenvalue weighted by Crippen LogP contribution is 2.37. The first-order chi connectivity index (χ1) is 21.4. The number of methoxy groups -OCH3 is 1. The van der Waals surface area contributed by atoms with Crippen molar-refractivity contribution in [1.82, 2.24) is 30.1 Å². The number of urea groups is 1. The molecule has 4 amide bonds. The van der Waals surface area contributed by atoms with Crippen molar-refractivity contribution in [3.8, 4) is 5.75 Å². The number of para-hydroxylation sites is 1. The van der Waals surface area contributed by atoms with E-state index in [4.69, 9.17) is 10.5 Å². The number of benzene rings is 3. The number of anilines is 1. The van der Waals surface area contributed by atoms with Gasteiger partial charge in [-0.25, -0.2) is 9.78 Å². The average Bonchev–Trinajstić information content (AvgIpc) is 3.58. The van der Waals surface area contributed by atoms with Crippen molar-refractivity contribution >= 4 is 44.5 Å². The summed E-state index contributed by atoms with van der Waals surface area (Å²) in [5.74, 6) is 0.299. The lowest BCUT2D eigenvalue weighted by Gasteiger charge is -2.46. The Hall–Kier alpha value is -4.94. The number of hydrogen-bond acceptors (Lipinski definition) is 8. The third kappa shape index (κ3) is 5.56. The molecule has 12 heteroatoms. The molecule has 0 saturated carbocycles. The van der Waals surface area contributed by atoms with E-state index in [0.717, 1.165) is 27.1 Å². The van der Waals surface area contributed by atoms with Crippen molar-refractivity contribution in [2.45, 2.75) is 25.3 Å². The Morgan fingerprint density at radius 3 is 2.64 bits per heavy atom. The summed E-state index contributed by atoms with van der Waals surface area (Å²) in [5, 5.41) is 6.66. The van der Waals surface area contributed by atoms with Crippen LogP contribution in [-0.2, 0) is 22.7 Å². The first-order valence-corrected chi connectivity index (χ1v) is 15.0. The molecule has 2 aliphatic heterocycles. The van der Waals surface area contributed by atoms with Gasteiger partial charge in [0, 0.05) is 13.1 Å². The van der Waals surface area contributed by atoms with Crippen LogP contribution in [0.4, 0.5) is 9.93 Å². The van der Waals surface area contributed by atoms with E-state index in [1.165, 1.54) is 16.3 Å². The Labute approximate surface area is 259 Å². The number of carbonyl (C=O) groups is 3. The number of aromatic nitrogens is 1. The number of carbonyl (C=O) groups excluding carboxylic acids is 3. The Morgan fingerprint density at radius 1 is 1.14 bits per heavy atom. The molecule has 2 saturated heterocycles. The molecule has 4 aromatic rings. The Balaban J connectivity index is 1.31. The van der Waals surface area contributed by atoms with Crippen LogP contribution in [0.2, 0.25) is 0 Å². The van der Waals surface area contributed by atoms with E-state index in [1.807, 2.05) is 72.8 Å². The molecule has 3 aromatic carbocycles. The minimum absolute atomic E-state index is 0.0584. The molecule has 0 aliphatic carbocycles. The number of hydrogen-bond donors (Lipinski definition) is 2. The molecule has 44 heavy (non-hydrogen) atoms. The topological polar surface area (TPSA) is 124 Å². The molecule has 0 spiro atoms. The van der Waals surface area contributed by atoms with E-state index in [-0.39, 0.29) is 50.6 Å². The second kappa shape index (κ2) is 12.3. The smallest absolute Gasteiger partial charge is 0.332 e. The van der Waals surface area contributed by atoms with Crippen molar-refractivity contribution in [1.29, 1.82) is 0 Å². The molecule has 2 fully saturated rings. The fourth-order valence-electron chi connectivity index (χ4n) is 5.83. The third-order valence-corrected chi connectivity index (χ3v) is 8.75. The number of ether oxygens (including phenoxy) is 1. The lowest BCUT2D eigenvalue weighted by Crippen LogP contribution is -2.62. The van der Waals surface area contributed by atoms with E-state index in [9.17, 15) is 14.4 Å². The van der Waals surface area contributed by atoms with Gasteiger partial charge in [-0.3, -0.25) is 14.6 Å². The number of hydrazine groups is 1. The van der Waals surface area contributed by atoms with Gasteiger partial charge in [-0.1, -0.05) is 72.0 Å². The summed E-state index contributed by atoms with van der Waals surface area (Å²) in [7, 11) is 1.60. The summed E-state index contributed by atoms with van der Waals surface area (Å²) < 4.78 is 6.16. The van der Waals surface area contributed by atoms with Gasteiger partial charge in [0.15, 0.2) is 5.13 Å². The van der Waals surface area contributed by atoms with Crippen molar-refractivity contribution in [3.63, 3.8) is 0 Å². The fourth-order valence-corrected chi connectivity index (χ4v) is 6.62. The number of thiazole rings is 1. The van der Waals surface area contributed by atoms with Gasteiger partial charge in [-0.15, -0.1) is 6.58 Å². The van der Waals surface area contributed by atoms with Crippen LogP contribution in [0, 0.1) is 0 Å². The Bertz CT molecular complexity index is 1690. The zero-order valence-corrected chi connectivity index (χ0v) is 25.1. The van der Waals surface area contributed by atoms with Crippen molar-refractivity contribution < 1.29 is 19.1 Å². The molecule has 0 radical (unpaired) electrons. The zero-order chi connectivity index (χ0) is 30.8. The largest absolute Gasteiger partial charge is 0.497 e. The monoisotopic (exact) mass is 611 g/mol. The number of fused-ring (bicyclic) bond motifs is 2. The maximum Gasteiger partial charge on any atom is 0.332 e. The van der Waals surface area contributed by atoms with Gasteiger partial charge in [0.25, 0.3) is 5.91 Å². The van der Waals surface area contributed by atoms with Gasteiger partial charge in [0.05, 0.1) is 37.0 Å². The molecule has 3 N–H and O–H groups in total. The molecule has 0 unspecified atom stereocenters. The van der Waals surface area contributed by atoms with Gasteiger partial charge in [0.1, 0.15) is 18.0 Å². The van der Waals surface area contributed by atoms with Crippen molar-refractivity contribution in [3.05, 3.63) is 102 Å². The minimum atomic E-state index is -0.847. The van der Waals surface area contributed by atoms with Crippen LogP contribution in [0.1, 0.15) is 22.7 Å². The fraction of sp³-hybridized carbons (Fsp3) is 0.250. The molecule has 3 heterocycles. The van der Waals surface area contributed by atoms with Gasteiger partial charge in [-0.2, -0.15) is 5.01 Å². The number of nitrogens with zero attached hydrogens (tertiary/aromatic N) is 5. The number of amides is 4. The predicted octanol–water partition coefficient (Wildman–Crippen LogP) is 3.75. The van der Waals surface area contributed by atoms with Crippen LogP contribution >= 0.6 is 11.3 Å². The molecule has 226 valence electrons. The van der Waals surface area contributed by atoms with E-state index in [0.29, 0.717) is 10.7 Å². The standard InChI is InChI=1S/C32H33N7O4S/c1-3-16-37(32(42)34-17-21-12-14-24(43-2)15-13-21)38-20-27(40)39-26(38)19-36(30(41)29(39)22-8-5-4-6-9-22)18-23-10-7-11-25-28(23)35-31(33)44-25/h3-15,26,29H,1,16-20H2,2H3,(H2,33,35)(H,34,42)/t26-,29+/m1/s1. The highest BCUT2D eigenvalue weighted by atomic mass is 32.1. The van der Waals surface area contributed by atoms with Crippen molar-refractivity contribution in [2.24, 2.45) is 0 Å². The number of piperazine rings is 1. The molecular formula is C32H33N7O4S. The predicted molar refractivity (Wildman–Crippen MR) is 168 cm³/mol. The summed E-state index contributed by atoms with van der Waals surface area (Å²) >= 11 is 1.40. The first kappa shape index (κ1) is 29.1. The van der Waals surface area contributed by atoms with E-state index < -0.39 is 12.2 Å². The molecule has 0 bridgehead atoms. The molecule has 2 atom stereocenters. The maximum atomic E-state index is 14.2. The highest BCUT2D eigenvalue weighted by molar-refractivity contribution is 7.22. The molecule has 6 rings (SSSR count). The Morgan fingerprint density at radius 2 is 1.91 bits per heavy atom. The first-order valence-electron chi connectivity index (χ1n) is 14.2. The average molecular weight is 612 g/mol. The van der Waals surface area contributed by atoms with Crippen LogP contribution in [-0.4, -0.2) is 75.6 Å². The van der Waals surface area contributed by atoms with Crippen LogP contribution in [0.5, 0.6) is 5.75 Å². The normalized spacial score (nSPS) is 18.4. The third-order valence-electron chi connectivity index (χ3n) is 7.90. The summed E-state index contributed by atoms with van der Waals surface area (Å²) in [4.78, 5) is 49.3. The molecule has 2 aliphatic rings. The number of nitrogens with one attached hydrogen (secondary N) is 1. The SMILES string of the molecule is C=CCN(C(=O)NCc1ccc(OC)cc1)N1CC(=O)N2[C@@H](c3ccccc3)C(=O)N(Cc3cccc4sc(N)nc34)C[C@@H]21. The lowest BCUT2D eigenvalue weighted by atomic mass is 10.00. The quantitative estimate of drug-likeness (QED) is 0.276. The number of nitrogen functional groups attached to an aromatic ring is 1. The maximum absolute atomic E-state index is 14.2. The van der Waals surface area contributed by atoms with Crippen LogP contribution < -0.4 is 15.8 Å². The second-order valence-corrected chi connectivity index (χ2v) is 11.7. The highest BCUT2D eigenvalue weighted by Gasteiger charge is 2.52. The van der Waals surface area contributed by atoms with Gasteiger partial charge < -0.3 is 25.6 Å². The van der Waals surface area contributed by atoms with E-state index >= 15 is 0 Å². The second-order valence-electron chi connectivity index (χ2n) is 10.6. The Kier molecular flexibility index (Phi) is 8.18. The number of rotatable bonds is 9. The van der Waals surface area contributed by atoms with E-state index in [2.05, 4.69) is 16.9 Å². The number of nitrogens with two attached hydrogens (primary N) is 1. The summed E-state index contributed by atoms with van der Waals surface area (Å²) in [6.07, 6.45) is 1.03. The van der Waals surface area contributed by atoms with Crippen LogP contribution in [0.3, 0.4) is 0 Å². The minimum Gasteiger partial charge on any atom is -0.497 e. The van der Waals surface area contributed by atoms with Crippen LogP contribution in [0.15, 0.2) is 85.5 Å². The summed E-state index contributed by atoms with van der Waals surface area (Å²) in [6.45, 7) is 4.72. The molecule has 11 nitrogen and oxygen atoms in total. The lowest BCUT2D eigenvalue weighted by molar-refractivity contribution is -0.158. The summed E-state index contributed by atoms with van der Waals surface area (Å²) in [5.41, 5.74) is 9.22. The van der Waals surface area contributed by atoms with E-state index in [1.54, 1.807) is 28.0 Å². The van der Waals surface area contributed by atoms with Gasteiger partial charge in [0.2, 0.25) is 5.91 Å².